The number of nitrogens with zero attached hydrogens (tertiary/aromatic N) is 1. The lowest BCUT2D eigenvalue weighted by Gasteiger charge is -2.15. The minimum atomic E-state index is -0.610. The number of fused-ring (bicyclic) bond motifs is 1. The summed E-state index contributed by atoms with van der Waals surface area (Å²) in [6.45, 7) is -0.610. The van der Waals surface area contributed by atoms with E-state index in [2.05, 4.69) is 5.16 Å². The van der Waals surface area contributed by atoms with Crippen LogP contribution in [-0.4, -0.2) is 16.9 Å². The smallest absolute Gasteiger partial charge is 0.144 e. The van der Waals surface area contributed by atoms with Gasteiger partial charge < -0.3 is 9.63 Å². The first kappa shape index (κ1) is 15.5. The van der Waals surface area contributed by atoms with Gasteiger partial charge in [-0.1, -0.05) is 34.4 Å². The van der Waals surface area contributed by atoms with Crippen molar-refractivity contribution in [3.05, 3.63) is 56.7 Å². The van der Waals surface area contributed by atoms with Gasteiger partial charge in [0.05, 0.1) is 12.3 Å². The zero-order valence-electron chi connectivity index (χ0n) is 11.7. The van der Waals surface area contributed by atoms with Gasteiger partial charge >= 0.3 is 0 Å². The van der Waals surface area contributed by atoms with Crippen LogP contribution in [0, 0.1) is 0 Å². The molecule has 0 bridgehead atoms. The topological polar surface area (TPSA) is 46.3 Å². The average Bonchev–Trinajstić information content (AvgIpc) is 2.92. The third kappa shape index (κ3) is 2.91. The molecule has 6 heteroatoms. The number of aliphatic hydroxyl groups is 1. The Hall–Kier alpha value is -1.36. The zero-order chi connectivity index (χ0) is 15.7. The van der Waals surface area contributed by atoms with E-state index in [0.29, 0.717) is 45.5 Å². The van der Waals surface area contributed by atoms with Crippen molar-refractivity contribution in [2.45, 2.75) is 25.7 Å². The number of aliphatic hydroxyl groups excluding tert-OH is 1. The van der Waals surface area contributed by atoms with E-state index in [4.69, 9.17) is 32.8 Å². The first-order chi connectivity index (χ1) is 10.6. The van der Waals surface area contributed by atoms with Crippen LogP contribution >= 0.6 is 23.2 Å². The van der Waals surface area contributed by atoms with Crippen molar-refractivity contribution in [3.8, 4) is 0 Å². The highest BCUT2D eigenvalue weighted by Crippen LogP contribution is 2.37. The number of rotatable bonds is 3. The highest BCUT2D eigenvalue weighted by molar-refractivity contribution is 6.35. The average molecular weight is 342 g/mol. The van der Waals surface area contributed by atoms with Crippen LogP contribution in [-0.2, 0) is 12.8 Å². The maximum absolute atomic E-state index is 13.9. The zero-order valence-corrected chi connectivity index (χ0v) is 13.2. The molecular formula is C16H14Cl2FNO2. The highest BCUT2D eigenvalue weighted by atomic mass is 35.5. The molecule has 1 heterocycles. The maximum Gasteiger partial charge on any atom is 0.144 e. The number of hydrogen-bond acceptors (Lipinski definition) is 3. The molecule has 1 aromatic carbocycles. The molecule has 0 saturated carbocycles. The first-order valence-corrected chi connectivity index (χ1v) is 7.76. The Morgan fingerprint density at radius 1 is 1.32 bits per heavy atom. The quantitative estimate of drug-likeness (QED) is 0.888. The number of aromatic nitrogens is 1. The molecule has 3 nitrogen and oxygen atoms in total. The minimum Gasteiger partial charge on any atom is -0.389 e. The molecule has 0 radical (unpaired) electrons. The summed E-state index contributed by atoms with van der Waals surface area (Å²) in [5.41, 5.74) is 2.66. The van der Waals surface area contributed by atoms with Gasteiger partial charge in [-0.05, 0) is 36.1 Å². The second-order valence-electron chi connectivity index (χ2n) is 5.24. The van der Waals surface area contributed by atoms with Crippen molar-refractivity contribution in [2.24, 2.45) is 0 Å². The predicted molar refractivity (Wildman–Crippen MR) is 83.8 cm³/mol. The van der Waals surface area contributed by atoms with Gasteiger partial charge in [-0.15, -0.1) is 0 Å². The van der Waals surface area contributed by atoms with Gasteiger partial charge in [0.2, 0.25) is 0 Å². The Morgan fingerprint density at radius 2 is 2.14 bits per heavy atom. The third-order valence-electron chi connectivity index (χ3n) is 3.81. The monoisotopic (exact) mass is 341 g/mol. The van der Waals surface area contributed by atoms with Crippen molar-refractivity contribution in [3.63, 3.8) is 0 Å². The fourth-order valence-corrected chi connectivity index (χ4v) is 3.23. The van der Waals surface area contributed by atoms with E-state index >= 15 is 0 Å². The summed E-state index contributed by atoms with van der Waals surface area (Å²) in [6, 6.07) is 5.23. The summed E-state index contributed by atoms with van der Waals surface area (Å²) in [5.74, 6) is 0.150. The number of allylic oxidation sites excluding steroid dienone is 1. The van der Waals surface area contributed by atoms with E-state index in [1.807, 2.05) is 6.07 Å². The number of aryl methyl sites for hydroxylation is 1. The van der Waals surface area contributed by atoms with Gasteiger partial charge in [0.1, 0.15) is 11.6 Å². The predicted octanol–water partition coefficient (Wildman–Crippen LogP) is 4.58. The number of benzene rings is 1. The van der Waals surface area contributed by atoms with Crippen LogP contribution in [0.15, 0.2) is 28.5 Å². The molecule has 1 aliphatic rings. The Kier molecular flexibility index (Phi) is 4.52. The summed E-state index contributed by atoms with van der Waals surface area (Å²) in [6.07, 6.45) is 2.50. The van der Waals surface area contributed by atoms with E-state index < -0.39 is 12.4 Å². The minimum absolute atomic E-state index is 0.428. The molecule has 3 rings (SSSR count). The molecule has 1 aliphatic carbocycles. The summed E-state index contributed by atoms with van der Waals surface area (Å²) in [4.78, 5) is 0. The highest BCUT2D eigenvalue weighted by Gasteiger charge is 2.26. The molecule has 0 spiro atoms. The van der Waals surface area contributed by atoms with Crippen molar-refractivity contribution in [1.82, 2.24) is 5.16 Å². The molecule has 0 atom stereocenters. The van der Waals surface area contributed by atoms with E-state index in [9.17, 15) is 4.39 Å². The van der Waals surface area contributed by atoms with Crippen molar-refractivity contribution in [1.29, 1.82) is 0 Å². The standard InChI is InChI=1S/C16H14Cl2FNO2/c17-10-5-4-9(12(18)7-10)6-14-16-11(13(19)8-21)2-1-3-15(16)22-20-14/h4-5,7,21H,1-3,6,8H2/b13-11-. The molecule has 1 N–H and O–H groups in total. The van der Waals surface area contributed by atoms with Crippen LogP contribution in [0.1, 0.15) is 35.4 Å². The summed E-state index contributed by atoms with van der Waals surface area (Å²) in [7, 11) is 0. The lowest BCUT2D eigenvalue weighted by atomic mass is 9.89. The largest absolute Gasteiger partial charge is 0.389 e. The maximum atomic E-state index is 13.9. The molecule has 22 heavy (non-hydrogen) atoms. The van der Waals surface area contributed by atoms with Gasteiger partial charge in [0.25, 0.3) is 0 Å². The Bertz CT molecular complexity index is 740. The normalized spacial score (nSPS) is 16.5. The molecular weight excluding hydrogens is 328 g/mol. The fraction of sp³-hybridized carbons (Fsp3) is 0.312. The van der Waals surface area contributed by atoms with Crippen molar-refractivity contribution in [2.75, 3.05) is 6.61 Å². The molecule has 2 aromatic rings. The number of hydrogen-bond donors (Lipinski definition) is 1. The van der Waals surface area contributed by atoms with Crippen LogP contribution in [0.25, 0.3) is 5.57 Å². The third-order valence-corrected chi connectivity index (χ3v) is 4.39. The van der Waals surface area contributed by atoms with Gasteiger partial charge in [-0.2, -0.15) is 0 Å². The first-order valence-electron chi connectivity index (χ1n) is 7.00. The molecule has 0 unspecified atom stereocenters. The summed E-state index contributed by atoms with van der Waals surface area (Å²) in [5, 5.41) is 14.3. The molecule has 0 amide bonds. The lowest BCUT2D eigenvalue weighted by molar-refractivity contribution is 0.298. The molecule has 0 saturated heterocycles. The van der Waals surface area contributed by atoms with Gasteiger partial charge in [0.15, 0.2) is 0 Å². The summed E-state index contributed by atoms with van der Waals surface area (Å²) < 4.78 is 19.3. The van der Waals surface area contributed by atoms with E-state index in [1.165, 1.54) is 0 Å². The van der Waals surface area contributed by atoms with Crippen LogP contribution in [0.3, 0.4) is 0 Å². The van der Waals surface area contributed by atoms with Crippen LogP contribution in [0.2, 0.25) is 10.0 Å². The van der Waals surface area contributed by atoms with Gasteiger partial charge in [-0.25, -0.2) is 4.39 Å². The fourth-order valence-electron chi connectivity index (χ4n) is 2.76. The second kappa shape index (κ2) is 6.41. The molecule has 116 valence electrons. The lowest BCUT2D eigenvalue weighted by Crippen LogP contribution is -2.05. The van der Waals surface area contributed by atoms with Crippen LogP contribution < -0.4 is 0 Å². The van der Waals surface area contributed by atoms with Crippen molar-refractivity contribution < 1.29 is 14.0 Å². The second-order valence-corrected chi connectivity index (χ2v) is 6.08. The Labute approximate surface area is 137 Å². The molecule has 0 fully saturated rings. The molecule has 1 aromatic heterocycles. The molecule has 0 aliphatic heterocycles. The van der Waals surface area contributed by atoms with Gasteiger partial charge in [-0.3, -0.25) is 0 Å². The summed E-state index contributed by atoms with van der Waals surface area (Å²) >= 11 is 12.1. The van der Waals surface area contributed by atoms with Gasteiger partial charge in [0, 0.05) is 28.5 Å². The van der Waals surface area contributed by atoms with E-state index in [0.717, 1.165) is 18.4 Å². The van der Waals surface area contributed by atoms with Crippen LogP contribution in [0.5, 0.6) is 0 Å². The van der Waals surface area contributed by atoms with Crippen molar-refractivity contribution >= 4 is 28.8 Å². The Morgan fingerprint density at radius 3 is 2.86 bits per heavy atom. The van der Waals surface area contributed by atoms with E-state index in [1.54, 1.807) is 12.1 Å². The SMILES string of the molecule is OC/C(F)=C1\CCCc2onc(Cc3ccc(Cl)cc3Cl)c21. The van der Waals surface area contributed by atoms with Crippen LogP contribution in [0.4, 0.5) is 4.39 Å². The Balaban J connectivity index is 2.01. The van der Waals surface area contributed by atoms with E-state index in [-0.39, 0.29) is 0 Å². The number of halogens is 3.